The molecule has 0 aliphatic rings. The predicted octanol–water partition coefficient (Wildman–Crippen LogP) is 9.58. The quantitative estimate of drug-likeness (QED) is 0.0687. The molecule has 3 heterocycles. The molecular weight excluding hydrogens is 599 g/mol. The van der Waals surface area contributed by atoms with Crippen LogP contribution in [0.5, 0.6) is 0 Å². The van der Waals surface area contributed by atoms with Gasteiger partial charge < -0.3 is 0 Å². The Balaban J connectivity index is 1.28. The van der Waals surface area contributed by atoms with Gasteiger partial charge in [0.05, 0.1) is 11.4 Å². The SMILES string of the molecule is CCCCCCCCCCCCCCCCn1nnc(-c2n[nH]c(=S)n2-c2ccccc2)c1-c1n[nH]c(=S)n1-c1ccccc1. The Morgan fingerprint density at radius 3 is 1.53 bits per heavy atom. The molecule has 0 aliphatic heterocycles. The number of hydrogen-bond donors (Lipinski definition) is 2. The molecular formula is C34H45N9S2. The van der Waals surface area contributed by atoms with Crippen molar-refractivity contribution in [3.63, 3.8) is 0 Å². The number of rotatable bonds is 19. The average Bonchev–Trinajstić information content (AvgIpc) is 3.77. The second-order valence-corrected chi connectivity index (χ2v) is 12.4. The van der Waals surface area contributed by atoms with Crippen LogP contribution in [0, 0.1) is 9.54 Å². The first kappa shape index (κ1) is 32.7. The van der Waals surface area contributed by atoms with Crippen molar-refractivity contribution in [2.24, 2.45) is 0 Å². The summed E-state index contributed by atoms with van der Waals surface area (Å²) in [5, 5.41) is 24.5. The lowest BCUT2D eigenvalue weighted by Gasteiger charge is -2.11. The van der Waals surface area contributed by atoms with E-state index in [1.165, 1.54) is 77.0 Å². The Hall–Kier alpha value is -3.70. The fraction of sp³-hybridized carbons (Fsp3) is 0.471. The van der Waals surface area contributed by atoms with Crippen molar-refractivity contribution >= 4 is 24.4 Å². The van der Waals surface area contributed by atoms with E-state index in [2.05, 4.69) is 37.6 Å². The molecule has 0 radical (unpaired) electrons. The Morgan fingerprint density at radius 1 is 0.578 bits per heavy atom. The molecule has 45 heavy (non-hydrogen) atoms. The summed E-state index contributed by atoms with van der Waals surface area (Å²) >= 11 is 11.3. The lowest BCUT2D eigenvalue weighted by Crippen LogP contribution is -2.08. The van der Waals surface area contributed by atoms with Crippen LogP contribution in [0.4, 0.5) is 0 Å². The summed E-state index contributed by atoms with van der Waals surface area (Å²) in [5.74, 6) is 1.20. The summed E-state index contributed by atoms with van der Waals surface area (Å²) < 4.78 is 6.72. The summed E-state index contributed by atoms with van der Waals surface area (Å²) in [6, 6.07) is 19.9. The standard InChI is InChI=1S/C34H45N9S2/c1-2-3-4-5-6-7-8-9-10-11-12-13-14-21-26-41-30(32-37-39-34(45)43(32)28-24-19-16-20-25-28)29(35-40-41)31-36-38-33(44)42(31)27-22-17-15-18-23-27/h15-20,22-25H,2-14,21,26H2,1H3,(H,38,44)(H,39,45). The smallest absolute Gasteiger partial charge is 0.200 e. The van der Waals surface area contributed by atoms with E-state index in [1.807, 2.05) is 74.5 Å². The van der Waals surface area contributed by atoms with Gasteiger partial charge in [0.25, 0.3) is 0 Å². The summed E-state index contributed by atoms with van der Waals surface area (Å²) in [4.78, 5) is 0. The summed E-state index contributed by atoms with van der Waals surface area (Å²) in [6.45, 7) is 2.99. The van der Waals surface area contributed by atoms with E-state index < -0.39 is 0 Å². The number of benzene rings is 2. The molecule has 9 nitrogen and oxygen atoms in total. The molecule has 238 valence electrons. The van der Waals surface area contributed by atoms with Crippen molar-refractivity contribution in [1.82, 2.24) is 44.5 Å². The molecule has 0 bridgehead atoms. The van der Waals surface area contributed by atoms with Crippen molar-refractivity contribution in [3.8, 4) is 34.4 Å². The first-order chi connectivity index (χ1) is 22.2. The van der Waals surface area contributed by atoms with Crippen LogP contribution in [0.3, 0.4) is 0 Å². The number of para-hydroxylation sites is 2. The highest BCUT2D eigenvalue weighted by Gasteiger charge is 2.26. The third-order valence-corrected chi connectivity index (χ3v) is 8.80. The van der Waals surface area contributed by atoms with Crippen LogP contribution in [-0.4, -0.2) is 44.5 Å². The maximum atomic E-state index is 5.69. The minimum Gasteiger partial charge on any atom is -0.267 e. The maximum absolute atomic E-state index is 5.69. The fourth-order valence-electron chi connectivity index (χ4n) is 5.84. The first-order valence-electron chi connectivity index (χ1n) is 16.6. The van der Waals surface area contributed by atoms with Crippen LogP contribution in [0.1, 0.15) is 96.8 Å². The molecule has 5 aromatic rings. The molecule has 0 spiro atoms. The summed E-state index contributed by atoms with van der Waals surface area (Å²) in [5.41, 5.74) is 3.12. The zero-order chi connectivity index (χ0) is 31.3. The van der Waals surface area contributed by atoms with Gasteiger partial charge in [-0.2, -0.15) is 10.2 Å². The normalized spacial score (nSPS) is 11.4. The molecule has 2 aromatic carbocycles. The van der Waals surface area contributed by atoms with E-state index in [1.54, 1.807) is 0 Å². The lowest BCUT2D eigenvalue weighted by molar-refractivity contribution is 0.505. The van der Waals surface area contributed by atoms with Gasteiger partial charge in [0.15, 0.2) is 26.9 Å². The average molecular weight is 644 g/mol. The van der Waals surface area contributed by atoms with E-state index in [9.17, 15) is 0 Å². The molecule has 0 saturated heterocycles. The van der Waals surface area contributed by atoms with Crippen LogP contribution >= 0.6 is 24.4 Å². The minimum absolute atomic E-state index is 0.477. The molecule has 0 amide bonds. The van der Waals surface area contributed by atoms with E-state index >= 15 is 0 Å². The number of aromatic nitrogens is 9. The molecule has 0 fully saturated rings. The number of aromatic amines is 2. The zero-order valence-corrected chi connectivity index (χ0v) is 28.0. The number of aryl methyl sites for hydroxylation is 1. The monoisotopic (exact) mass is 643 g/mol. The first-order valence-corrected chi connectivity index (χ1v) is 17.4. The van der Waals surface area contributed by atoms with E-state index in [4.69, 9.17) is 24.4 Å². The van der Waals surface area contributed by atoms with Gasteiger partial charge in [0.2, 0.25) is 0 Å². The van der Waals surface area contributed by atoms with Crippen molar-refractivity contribution in [2.75, 3.05) is 0 Å². The van der Waals surface area contributed by atoms with Crippen molar-refractivity contribution in [3.05, 3.63) is 70.2 Å². The Labute approximate surface area is 276 Å². The largest absolute Gasteiger partial charge is 0.267 e. The highest BCUT2D eigenvalue weighted by Crippen LogP contribution is 2.31. The van der Waals surface area contributed by atoms with E-state index in [0.29, 0.717) is 33.4 Å². The Bertz CT molecular complexity index is 1700. The molecule has 0 saturated carbocycles. The van der Waals surface area contributed by atoms with Gasteiger partial charge in [-0.25, -0.2) is 4.68 Å². The lowest BCUT2D eigenvalue weighted by atomic mass is 10.0. The third-order valence-electron chi connectivity index (χ3n) is 8.26. The Kier molecular flexibility index (Phi) is 12.4. The summed E-state index contributed by atoms with van der Waals surface area (Å²) in [7, 11) is 0. The van der Waals surface area contributed by atoms with Gasteiger partial charge in [-0.1, -0.05) is 132 Å². The Morgan fingerprint density at radius 2 is 1.02 bits per heavy atom. The van der Waals surface area contributed by atoms with Crippen LogP contribution in [0.2, 0.25) is 0 Å². The van der Waals surface area contributed by atoms with Gasteiger partial charge >= 0.3 is 0 Å². The summed E-state index contributed by atoms with van der Waals surface area (Å²) in [6.07, 6.45) is 18.4. The van der Waals surface area contributed by atoms with Crippen molar-refractivity contribution in [2.45, 2.75) is 103 Å². The van der Waals surface area contributed by atoms with Gasteiger partial charge in [-0.3, -0.25) is 19.3 Å². The van der Waals surface area contributed by atoms with Crippen LogP contribution in [-0.2, 0) is 6.54 Å². The molecule has 3 aromatic heterocycles. The molecule has 11 heteroatoms. The van der Waals surface area contributed by atoms with Crippen molar-refractivity contribution < 1.29 is 0 Å². The molecule has 2 N–H and O–H groups in total. The number of nitrogens with one attached hydrogen (secondary N) is 2. The minimum atomic E-state index is 0.477. The van der Waals surface area contributed by atoms with E-state index in [-0.39, 0.29) is 0 Å². The second kappa shape index (κ2) is 17.1. The highest BCUT2D eigenvalue weighted by molar-refractivity contribution is 7.71. The second-order valence-electron chi connectivity index (χ2n) is 11.7. The van der Waals surface area contributed by atoms with Gasteiger partial charge in [0.1, 0.15) is 5.69 Å². The molecule has 0 unspecified atom stereocenters. The van der Waals surface area contributed by atoms with Gasteiger partial charge in [-0.15, -0.1) is 5.10 Å². The van der Waals surface area contributed by atoms with E-state index in [0.717, 1.165) is 29.9 Å². The maximum Gasteiger partial charge on any atom is 0.200 e. The number of H-pyrrole nitrogens is 2. The number of unbranched alkanes of at least 4 members (excludes halogenated alkanes) is 13. The van der Waals surface area contributed by atoms with Crippen LogP contribution in [0.15, 0.2) is 60.7 Å². The van der Waals surface area contributed by atoms with Gasteiger partial charge in [-0.05, 0) is 55.1 Å². The predicted molar refractivity (Wildman–Crippen MR) is 186 cm³/mol. The number of nitrogens with zero attached hydrogens (tertiary/aromatic N) is 7. The van der Waals surface area contributed by atoms with Crippen LogP contribution in [0.25, 0.3) is 34.4 Å². The van der Waals surface area contributed by atoms with Crippen LogP contribution < -0.4 is 0 Å². The molecule has 0 aliphatic carbocycles. The molecule has 0 atom stereocenters. The van der Waals surface area contributed by atoms with Crippen molar-refractivity contribution in [1.29, 1.82) is 0 Å². The topological polar surface area (TPSA) is 97.9 Å². The number of hydrogen-bond acceptors (Lipinski definition) is 6. The molecule has 5 rings (SSSR count). The van der Waals surface area contributed by atoms with Gasteiger partial charge in [0, 0.05) is 6.54 Å². The fourth-order valence-corrected chi connectivity index (χ4v) is 6.32. The third kappa shape index (κ3) is 8.52. The zero-order valence-electron chi connectivity index (χ0n) is 26.3. The highest BCUT2D eigenvalue weighted by atomic mass is 32.1.